The first-order valence-electron chi connectivity index (χ1n) is 10.00. The zero-order valence-corrected chi connectivity index (χ0v) is 17.2. The van der Waals surface area contributed by atoms with Gasteiger partial charge in [-0.25, -0.2) is 8.42 Å². The third-order valence-corrected chi connectivity index (χ3v) is 7.60. The summed E-state index contributed by atoms with van der Waals surface area (Å²) in [5.41, 5.74) is 1.04. The predicted octanol–water partition coefficient (Wildman–Crippen LogP) is 1.95. The molecule has 2 fully saturated rings. The minimum absolute atomic E-state index is 0.0489. The number of carbonyl (C=O) groups is 1. The Balaban J connectivity index is 1.54. The van der Waals surface area contributed by atoms with Gasteiger partial charge in [0.15, 0.2) is 0 Å². The van der Waals surface area contributed by atoms with Gasteiger partial charge >= 0.3 is 0 Å². The molecule has 2 heterocycles. The molecule has 150 valence electrons. The summed E-state index contributed by atoms with van der Waals surface area (Å²) in [6.07, 6.45) is 2.36. The monoisotopic (exact) mass is 393 g/mol. The number of carbonyl (C=O) groups excluding carboxylic acids is 1. The van der Waals surface area contributed by atoms with Gasteiger partial charge in [-0.1, -0.05) is 24.6 Å². The molecule has 0 radical (unpaired) electrons. The van der Waals surface area contributed by atoms with Gasteiger partial charge in [-0.05, 0) is 44.9 Å². The molecule has 0 aromatic heterocycles. The van der Waals surface area contributed by atoms with Crippen LogP contribution in [0.3, 0.4) is 0 Å². The first-order chi connectivity index (χ1) is 12.9. The molecule has 0 saturated carbocycles. The third kappa shape index (κ3) is 4.70. The second-order valence-electron chi connectivity index (χ2n) is 7.66. The number of sulfonamides is 1. The summed E-state index contributed by atoms with van der Waals surface area (Å²) in [6, 6.07) is 6.97. The molecule has 0 N–H and O–H groups in total. The van der Waals surface area contributed by atoms with E-state index in [9.17, 15) is 13.2 Å². The summed E-state index contributed by atoms with van der Waals surface area (Å²) in [4.78, 5) is 17.5. The van der Waals surface area contributed by atoms with E-state index in [1.54, 1.807) is 12.1 Å². The van der Waals surface area contributed by atoms with E-state index in [0.717, 1.165) is 44.7 Å². The maximum absolute atomic E-state index is 12.8. The molecule has 2 aliphatic heterocycles. The molecule has 1 amide bonds. The Morgan fingerprint density at radius 3 is 2.15 bits per heavy atom. The number of aryl methyl sites for hydroxylation is 1. The summed E-state index contributed by atoms with van der Waals surface area (Å²) >= 11 is 0. The molecule has 1 aromatic rings. The van der Waals surface area contributed by atoms with Crippen molar-refractivity contribution in [3.05, 3.63) is 29.8 Å². The second-order valence-corrected chi connectivity index (χ2v) is 9.60. The van der Waals surface area contributed by atoms with Gasteiger partial charge in [-0.2, -0.15) is 4.31 Å². The molecule has 0 spiro atoms. The van der Waals surface area contributed by atoms with Crippen molar-refractivity contribution in [1.82, 2.24) is 14.1 Å². The summed E-state index contributed by atoms with van der Waals surface area (Å²) in [5, 5.41) is 0. The smallest absolute Gasteiger partial charge is 0.243 e. The van der Waals surface area contributed by atoms with Crippen molar-refractivity contribution in [2.45, 2.75) is 38.0 Å². The van der Waals surface area contributed by atoms with Crippen molar-refractivity contribution in [3.63, 3.8) is 0 Å². The van der Waals surface area contributed by atoms with Crippen LogP contribution in [0.4, 0.5) is 0 Å². The average Bonchev–Trinajstić information content (AvgIpc) is 2.69. The molecule has 0 atom stereocenters. The number of benzene rings is 1. The van der Waals surface area contributed by atoms with Crippen molar-refractivity contribution in [2.24, 2.45) is 5.92 Å². The van der Waals surface area contributed by atoms with Gasteiger partial charge in [0.1, 0.15) is 0 Å². The van der Waals surface area contributed by atoms with E-state index in [1.165, 1.54) is 4.31 Å². The Hall–Kier alpha value is -1.44. The van der Waals surface area contributed by atoms with Gasteiger partial charge < -0.3 is 4.90 Å². The van der Waals surface area contributed by atoms with Crippen LogP contribution in [-0.4, -0.2) is 74.2 Å². The van der Waals surface area contributed by atoms with Gasteiger partial charge in [0, 0.05) is 45.2 Å². The molecule has 0 unspecified atom stereocenters. The van der Waals surface area contributed by atoms with Crippen molar-refractivity contribution in [1.29, 1.82) is 0 Å². The van der Waals surface area contributed by atoms with E-state index in [4.69, 9.17) is 0 Å². The summed E-state index contributed by atoms with van der Waals surface area (Å²) in [6.45, 7) is 9.52. The number of hydrogen-bond acceptors (Lipinski definition) is 4. The van der Waals surface area contributed by atoms with Crippen LogP contribution in [-0.2, 0) is 14.8 Å². The standard InChI is InChI=1S/C20H31N3O3S/c1-3-10-21-13-15-22(16-14-21)20(24)18-8-11-23(12-9-18)27(25,26)19-6-4-17(2)5-7-19/h4-7,18H,3,8-16H2,1-2H3. The van der Waals surface area contributed by atoms with E-state index in [1.807, 2.05) is 24.0 Å². The maximum Gasteiger partial charge on any atom is 0.243 e. The van der Waals surface area contributed by atoms with Crippen LogP contribution in [0.25, 0.3) is 0 Å². The Morgan fingerprint density at radius 1 is 1.00 bits per heavy atom. The molecular weight excluding hydrogens is 362 g/mol. The summed E-state index contributed by atoms with van der Waals surface area (Å²) < 4.78 is 27.1. The summed E-state index contributed by atoms with van der Waals surface area (Å²) in [7, 11) is -3.46. The van der Waals surface area contributed by atoms with Gasteiger partial charge in [-0.3, -0.25) is 9.69 Å². The van der Waals surface area contributed by atoms with Crippen LogP contribution < -0.4 is 0 Å². The van der Waals surface area contributed by atoms with Crippen molar-refractivity contribution in [2.75, 3.05) is 45.8 Å². The largest absolute Gasteiger partial charge is 0.340 e. The third-order valence-electron chi connectivity index (χ3n) is 5.69. The zero-order chi connectivity index (χ0) is 19.4. The minimum atomic E-state index is -3.46. The Labute approximate surface area is 163 Å². The quantitative estimate of drug-likeness (QED) is 0.767. The van der Waals surface area contributed by atoms with Gasteiger partial charge in [-0.15, -0.1) is 0 Å². The van der Waals surface area contributed by atoms with E-state index in [0.29, 0.717) is 30.8 Å². The summed E-state index contributed by atoms with van der Waals surface area (Å²) in [5.74, 6) is 0.158. The minimum Gasteiger partial charge on any atom is -0.340 e. The molecule has 1 aromatic carbocycles. The fourth-order valence-electron chi connectivity index (χ4n) is 3.97. The zero-order valence-electron chi connectivity index (χ0n) is 16.4. The topological polar surface area (TPSA) is 60.9 Å². The number of amides is 1. The fourth-order valence-corrected chi connectivity index (χ4v) is 5.44. The molecule has 3 rings (SSSR count). The van der Waals surface area contributed by atoms with Crippen LogP contribution in [0.1, 0.15) is 31.7 Å². The van der Waals surface area contributed by atoms with Crippen molar-refractivity contribution < 1.29 is 13.2 Å². The molecule has 2 aliphatic rings. The van der Waals surface area contributed by atoms with Gasteiger partial charge in [0.25, 0.3) is 0 Å². The lowest BCUT2D eigenvalue weighted by atomic mass is 9.96. The Bertz CT molecular complexity index is 732. The molecule has 6 nitrogen and oxygen atoms in total. The lowest BCUT2D eigenvalue weighted by molar-refractivity contribution is -0.138. The van der Waals surface area contributed by atoms with E-state index in [-0.39, 0.29) is 11.8 Å². The maximum atomic E-state index is 12.8. The molecule has 27 heavy (non-hydrogen) atoms. The predicted molar refractivity (Wildman–Crippen MR) is 106 cm³/mol. The first kappa shape index (κ1) is 20.3. The first-order valence-corrected chi connectivity index (χ1v) is 11.4. The normalized spacial score (nSPS) is 20.7. The second kappa shape index (κ2) is 8.71. The Kier molecular flexibility index (Phi) is 6.55. The highest BCUT2D eigenvalue weighted by molar-refractivity contribution is 7.89. The molecule has 2 saturated heterocycles. The van der Waals surface area contributed by atoms with E-state index in [2.05, 4.69) is 11.8 Å². The average molecular weight is 394 g/mol. The molecule has 0 bridgehead atoms. The lowest BCUT2D eigenvalue weighted by Crippen LogP contribution is -2.51. The number of rotatable bonds is 5. The van der Waals surface area contributed by atoms with Crippen LogP contribution >= 0.6 is 0 Å². The number of piperidine rings is 1. The van der Waals surface area contributed by atoms with E-state index >= 15 is 0 Å². The lowest BCUT2D eigenvalue weighted by Gasteiger charge is -2.38. The van der Waals surface area contributed by atoms with Gasteiger partial charge in [0.05, 0.1) is 4.90 Å². The molecular formula is C20H31N3O3S. The molecule has 0 aliphatic carbocycles. The highest BCUT2D eigenvalue weighted by atomic mass is 32.2. The number of nitrogens with zero attached hydrogens (tertiary/aromatic N) is 3. The number of piperazine rings is 1. The van der Waals surface area contributed by atoms with Crippen LogP contribution in [0.5, 0.6) is 0 Å². The highest BCUT2D eigenvalue weighted by Crippen LogP contribution is 2.25. The van der Waals surface area contributed by atoms with Crippen molar-refractivity contribution in [3.8, 4) is 0 Å². The highest BCUT2D eigenvalue weighted by Gasteiger charge is 2.34. The Morgan fingerprint density at radius 2 is 1.59 bits per heavy atom. The fraction of sp³-hybridized carbons (Fsp3) is 0.650. The SMILES string of the molecule is CCCN1CCN(C(=O)C2CCN(S(=O)(=O)c3ccc(C)cc3)CC2)CC1. The number of hydrogen-bond donors (Lipinski definition) is 0. The van der Waals surface area contributed by atoms with Crippen LogP contribution in [0.2, 0.25) is 0 Å². The van der Waals surface area contributed by atoms with E-state index < -0.39 is 10.0 Å². The van der Waals surface area contributed by atoms with Gasteiger partial charge in [0.2, 0.25) is 15.9 Å². The molecule has 7 heteroatoms. The van der Waals surface area contributed by atoms with Crippen molar-refractivity contribution >= 4 is 15.9 Å². The van der Waals surface area contributed by atoms with Crippen LogP contribution in [0.15, 0.2) is 29.2 Å². The van der Waals surface area contributed by atoms with Crippen LogP contribution in [0, 0.1) is 12.8 Å².